The zero-order valence-corrected chi connectivity index (χ0v) is 16.4. The van der Waals surface area contributed by atoms with E-state index in [2.05, 4.69) is 36.1 Å². The normalized spacial score (nSPS) is 16.8. The SMILES string of the molecule is CCc1ccc(CC(N)(CC)C(=O)c2ccc(N3CCOCC3)cc2)cc1. The molecule has 4 nitrogen and oxygen atoms in total. The maximum absolute atomic E-state index is 13.2. The van der Waals surface area contributed by atoms with Gasteiger partial charge in [0.1, 0.15) is 0 Å². The van der Waals surface area contributed by atoms with Crippen LogP contribution in [0.3, 0.4) is 0 Å². The summed E-state index contributed by atoms with van der Waals surface area (Å²) in [4.78, 5) is 15.4. The summed E-state index contributed by atoms with van der Waals surface area (Å²) < 4.78 is 5.40. The van der Waals surface area contributed by atoms with Crippen LogP contribution in [0.15, 0.2) is 48.5 Å². The third kappa shape index (κ3) is 4.57. The van der Waals surface area contributed by atoms with Crippen LogP contribution in [0.25, 0.3) is 0 Å². The van der Waals surface area contributed by atoms with Gasteiger partial charge in [0, 0.05) is 24.3 Å². The third-order valence-electron chi connectivity index (χ3n) is 5.54. The molecule has 3 rings (SSSR count). The van der Waals surface area contributed by atoms with E-state index < -0.39 is 5.54 Å². The number of aryl methyl sites for hydroxylation is 1. The summed E-state index contributed by atoms with van der Waals surface area (Å²) in [6.45, 7) is 7.39. The maximum atomic E-state index is 13.2. The van der Waals surface area contributed by atoms with Crippen molar-refractivity contribution in [2.24, 2.45) is 5.73 Å². The van der Waals surface area contributed by atoms with E-state index in [9.17, 15) is 4.79 Å². The predicted octanol–water partition coefficient (Wildman–Crippen LogP) is 3.62. The van der Waals surface area contributed by atoms with Crippen LogP contribution in [0.2, 0.25) is 0 Å². The van der Waals surface area contributed by atoms with Crippen LogP contribution >= 0.6 is 0 Å². The first-order chi connectivity index (χ1) is 13.1. The summed E-state index contributed by atoms with van der Waals surface area (Å²) in [7, 11) is 0. The molecule has 1 aliphatic heterocycles. The van der Waals surface area contributed by atoms with Crippen LogP contribution in [0.5, 0.6) is 0 Å². The summed E-state index contributed by atoms with van der Waals surface area (Å²) in [5, 5.41) is 0. The van der Waals surface area contributed by atoms with E-state index in [0.717, 1.165) is 44.0 Å². The number of carbonyl (C=O) groups excluding carboxylic acids is 1. The highest BCUT2D eigenvalue weighted by molar-refractivity contribution is 6.03. The van der Waals surface area contributed by atoms with Crippen LogP contribution in [0, 0.1) is 0 Å². The number of Topliss-reactive ketones (excluding diaryl/α,β-unsaturated/α-hetero) is 1. The van der Waals surface area contributed by atoms with Gasteiger partial charge in [0.25, 0.3) is 0 Å². The van der Waals surface area contributed by atoms with Gasteiger partial charge >= 0.3 is 0 Å². The Morgan fingerprint density at radius 2 is 1.59 bits per heavy atom. The monoisotopic (exact) mass is 366 g/mol. The maximum Gasteiger partial charge on any atom is 0.182 e. The average Bonchev–Trinajstić information content (AvgIpc) is 2.74. The Kier molecular flexibility index (Phi) is 6.30. The molecule has 0 bridgehead atoms. The first kappa shape index (κ1) is 19.6. The number of morpholine rings is 1. The van der Waals surface area contributed by atoms with Gasteiger partial charge in [-0.05, 0) is 54.7 Å². The van der Waals surface area contributed by atoms with Crippen molar-refractivity contribution in [3.05, 3.63) is 65.2 Å². The number of benzene rings is 2. The summed E-state index contributed by atoms with van der Waals surface area (Å²) in [5.74, 6) is 0.0121. The molecular weight excluding hydrogens is 336 g/mol. The van der Waals surface area contributed by atoms with E-state index in [4.69, 9.17) is 10.5 Å². The van der Waals surface area contributed by atoms with Crippen molar-refractivity contribution in [3.63, 3.8) is 0 Å². The number of hydrogen-bond acceptors (Lipinski definition) is 4. The molecule has 0 radical (unpaired) electrons. The molecule has 2 N–H and O–H groups in total. The van der Waals surface area contributed by atoms with E-state index in [1.165, 1.54) is 5.56 Å². The Morgan fingerprint density at radius 3 is 2.15 bits per heavy atom. The van der Waals surface area contributed by atoms with Crippen molar-refractivity contribution in [2.75, 3.05) is 31.2 Å². The van der Waals surface area contributed by atoms with Crippen LogP contribution < -0.4 is 10.6 Å². The Morgan fingerprint density at radius 1 is 1.00 bits per heavy atom. The van der Waals surface area contributed by atoms with Crippen molar-refractivity contribution in [2.45, 2.75) is 38.6 Å². The molecular formula is C23H30N2O2. The predicted molar refractivity (Wildman–Crippen MR) is 111 cm³/mol. The van der Waals surface area contributed by atoms with Gasteiger partial charge in [0.05, 0.1) is 18.8 Å². The van der Waals surface area contributed by atoms with Gasteiger partial charge < -0.3 is 15.4 Å². The van der Waals surface area contributed by atoms with Crippen molar-refractivity contribution in [1.82, 2.24) is 0 Å². The zero-order valence-electron chi connectivity index (χ0n) is 16.4. The molecule has 0 amide bonds. The largest absolute Gasteiger partial charge is 0.378 e. The molecule has 1 fully saturated rings. The molecule has 144 valence electrons. The first-order valence-electron chi connectivity index (χ1n) is 9.90. The fourth-order valence-electron chi connectivity index (χ4n) is 3.56. The lowest BCUT2D eigenvalue weighted by Crippen LogP contribution is -2.49. The van der Waals surface area contributed by atoms with Crippen molar-refractivity contribution >= 4 is 11.5 Å². The minimum Gasteiger partial charge on any atom is -0.378 e. The lowest BCUT2D eigenvalue weighted by atomic mass is 9.82. The average molecular weight is 367 g/mol. The van der Waals surface area contributed by atoms with E-state index in [1.807, 2.05) is 31.2 Å². The number of ether oxygens (including phenoxy) is 1. The number of anilines is 1. The quantitative estimate of drug-likeness (QED) is 0.761. The van der Waals surface area contributed by atoms with Gasteiger partial charge in [-0.15, -0.1) is 0 Å². The van der Waals surface area contributed by atoms with E-state index in [-0.39, 0.29) is 5.78 Å². The molecule has 2 aromatic rings. The fraction of sp³-hybridized carbons (Fsp3) is 0.435. The number of hydrogen-bond donors (Lipinski definition) is 1. The molecule has 0 spiro atoms. The zero-order chi connectivity index (χ0) is 19.3. The third-order valence-corrected chi connectivity index (χ3v) is 5.54. The first-order valence-corrected chi connectivity index (χ1v) is 9.90. The molecule has 4 heteroatoms. The number of nitrogens with two attached hydrogens (primary N) is 1. The van der Waals surface area contributed by atoms with Gasteiger partial charge in [-0.1, -0.05) is 38.1 Å². The van der Waals surface area contributed by atoms with Gasteiger partial charge in [0.2, 0.25) is 0 Å². The van der Waals surface area contributed by atoms with Crippen LogP contribution in [-0.2, 0) is 17.6 Å². The van der Waals surface area contributed by atoms with Crippen molar-refractivity contribution in [3.8, 4) is 0 Å². The Hall–Kier alpha value is -2.17. The smallest absolute Gasteiger partial charge is 0.182 e. The highest BCUT2D eigenvalue weighted by Gasteiger charge is 2.33. The molecule has 2 aromatic carbocycles. The lowest BCUT2D eigenvalue weighted by molar-refractivity contribution is 0.0883. The highest BCUT2D eigenvalue weighted by atomic mass is 16.5. The summed E-state index contributed by atoms with van der Waals surface area (Å²) in [6.07, 6.45) is 2.17. The van der Waals surface area contributed by atoms with Crippen LogP contribution in [0.1, 0.15) is 41.8 Å². The molecule has 1 aliphatic rings. The molecule has 1 saturated heterocycles. The Bertz CT molecular complexity index is 749. The summed E-state index contributed by atoms with van der Waals surface area (Å²) in [6, 6.07) is 16.3. The summed E-state index contributed by atoms with van der Waals surface area (Å²) >= 11 is 0. The summed E-state index contributed by atoms with van der Waals surface area (Å²) in [5.41, 5.74) is 9.91. The van der Waals surface area contributed by atoms with Crippen molar-refractivity contribution < 1.29 is 9.53 Å². The number of ketones is 1. The minimum atomic E-state index is -0.881. The van der Waals surface area contributed by atoms with Crippen molar-refractivity contribution in [1.29, 1.82) is 0 Å². The van der Waals surface area contributed by atoms with Crippen LogP contribution in [0.4, 0.5) is 5.69 Å². The standard InChI is InChI=1S/C23H30N2O2/c1-3-18-5-7-19(8-6-18)17-23(24,4-2)22(26)20-9-11-21(12-10-20)25-13-15-27-16-14-25/h5-12H,3-4,13-17,24H2,1-2H3. The second-order valence-electron chi connectivity index (χ2n) is 7.33. The number of carbonyl (C=O) groups is 1. The van der Waals surface area contributed by atoms with E-state index in [1.54, 1.807) is 0 Å². The molecule has 1 atom stereocenters. The van der Waals surface area contributed by atoms with Gasteiger partial charge in [-0.2, -0.15) is 0 Å². The van der Waals surface area contributed by atoms with Gasteiger partial charge in [-0.3, -0.25) is 4.79 Å². The highest BCUT2D eigenvalue weighted by Crippen LogP contribution is 2.23. The fourth-order valence-corrected chi connectivity index (χ4v) is 3.56. The number of nitrogens with zero attached hydrogens (tertiary/aromatic N) is 1. The Labute approximate surface area is 162 Å². The molecule has 0 aliphatic carbocycles. The second-order valence-corrected chi connectivity index (χ2v) is 7.33. The van der Waals surface area contributed by atoms with E-state index in [0.29, 0.717) is 18.4 Å². The van der Waals surface area contributed by atoms with Gasteiger partial charge in [-0.25, -0.2) is 0 Å². The molecule has 0 saturated carbocycles. The molecule has 1 heterocycles. The van der Waals surface area contributed by atoms with E-state index >= 15 is 0 Å². The van der Waals surface area contributed by atoms with Crippen LogP contribution in [-0.4, -0.2) is 37.6 Å². The van der Waals surface area contributed by atoms with Gasteiger partial charge in [0.15, 0.2) is 5.78 Å². The molecule has 0 aromatic heterocycles. The molecule has 27 heavy (non-hydrogen) atoms. The topological polar surface area (TPSA) is 55.6 Å². The number of rotatable bonds is 7. The Balaban J connectivity index is 1.74. The molecule has 1 unspecified atom stereocenters. The minimum absolute atomic E-state index is 0.0121. The second kappa shape index (κ2) is 8.68. The lowest BCUT2D eigenvalue weighted by Gasteiger charge is -2.30.